The van der Waals surface area contributed by atoms with E-state index in [1.165, 1.54) is 12.3 Å². The van der Waals surface area contributed by atoms with Crippen LogP contribution >= 0.6 is 0 Å². The van der Waals surface area contributed by atoms with Gasteiger partial charge >= 0.3 is 0 Å². The van der Waals surface area contributed by atoms with Gasteiger partial charge in [-0.3, -0.25) is 4.98 Å². The molecule has 0 spiro atoms. The first-order valence-electron chi connectivity index (χ1n) is 7.17. The highest BCUT2D eigenvalue weighted by Gasteiger charge is 2.35. The number of aromatic nitrogens is 3. The van der Waals surface area contributed by atoms with Crippen LogP contribution in [0.2, 0.25) is 0 Å². The lowest BCUT2D eigenvalue weighted by Crippen LogP contribution is -2.37. The highest BCUT2D eigenvalue weighted by molar-refractivity contribution is 7.89. The number of nitrogens with zero attached hydrogens (tertiary/aromatic N) is 3. The topological polar surface area (TPSA) is 86.1 Å². The van der Waals surface area contributed by atoms with Crippen LogP contribution in [0.1, 0.15) is 25.3 Å². The molecule has 3 rings (SSSR count). The van der Waals surface area contributed by atoms with Crippen LogP contribution in [0.4, 0.5) is 0 Å². The Morgan fingerprint density at radius 2 is 2.32 bits per heavy atom. The average molecular weight is 322 g/mol. The van der Waals surface area contributed by atoms with Gasteiger partial charge in [-0.05, 0) is 25.5 Å². The minimum Gasteiger partial charge on any atom is -0.369 e. The molecule has 0 radical (unpaired) electrons. The third kappa shape index (κ3) is 2.90. The number of nitrogens with one attached hydrogen (secondary N) is 1. The van der Waals surface area contributed by atoms with Crippen molar-refractivity contribution < 1.29 is 13.2 Å². The van der Waals surface area contributed by atoms with Gasteiger partial charge in [0, 0.05) is 37.9 Å². The van der Waals surface area contributed by atoms with Crippen LogP contribution < -0.4 is 4.72 Å². The molecule has 3 heterocycles. The Hall–Kier alpha value is -1.77. The van der Waals surface area contributed by atoms with Gasteiger partial charge in [0.05, 0.1) is 6.04 Å². The number of aryl methyl sites for hydroxylation is 1. The van der Waals surface area contributed by atoms with Gasteiger partial charge in [-0.1, -0.05) is 0 Å². The molecule has 0 aliphatic carbocycles. The molecule has 0 saturated carbocycles. The summed E-state index contributed by atoms with van der Waals surface area (Å²) in [6, 6.07) is 2.78. The second-order valence-electron chi connectivity index (χ2n) is 5.07. The average Bonchev–Trinajstić information content (AvgIpc) is 3.15. The number of sulfonamides is 1. The zero-order valence-electron chi connectivity index (χ0n) is 12.2. The Morgan fingerprint density at radius 1 is 1.45 bits per heavy atom. The smallest absolute Gasteiger partial charge is 0.242 e. The van der Waals surface area contributed by atoms with E-state index < -0.39 is 10.0 Å². The van der Waals surface area contributed by atoms with Crippen LogP contribution in [0, 0.1) is 0 Å². The Balaban J connectivity index is 1.83. The zero-order valence-corrected chi connectivity index (χ0v) is 13.0. The lowest BCUT2D eigenvalue weighted by atomic mass is 10.1. The number of imidazole rings is 1. The molecule has 1 N–H and O–H groups in total. The highest BCUT2D eigenvalue weighted by atomic mass is 32.2. The molecule has 22 heavy (non-hydrogen) atoms. The summed E-state index contributed by atoms with van der Waals surface area (Å²) >= 11 is 0. The van der Waals surface area contributed by atoms with Crippen LogP contribution in [0.15, 0.2) is 41.8 Å². The van der Waals surface area contributed by atoms with E-state index >= 15 is 0 Å². The van der Waals surface area contributed by atoms with E-state index in [1.807, 2.05) is 17.7 Å². The maximum Gasteiger partial charge on any atom is 0.242 e. The summed E-state index contributed by atoms with van der Waals surface area (Å²) in [5, 5.41) is 0. The van der Waals surface area contributed by atoms with Crippen molar-refractivity contribution in [3.8, 4) is 0 Å². The van der Waals surface area contributed by atoms with Gasteiger partial charge < -0.3 is 9.30 Å². The van der Waals surface area contributed by atoms with Crippen molar-refractivity contribution in [2.75, 3.05) is 6.61 Å². The molecular weight excluding hydrogens is 304 g/mol. The van der Waals surface area contributed by atoms with E-state index in [-0.39, 0.29) is 17.0 Å². The van der Waals surface area contributed by atoms with Gasteiger partial charge in [-0.15, -0.1) is 0 Å². The largest absolute Gasteiger partial charge is 0.369 e. The molecule has 1 saturated heterocycles. The number of hydrogen-bond donors (Lipinski definition) is 1. The Morgan fingerprint density at radius 3 is 3.05 bits per heavy atom. The fourth-order valence-corrected chi connectivity index (χ4v) is 3.82. The number of rotatable bonds is 5. The van der Waals surface area contributed by atoms with Crippen molar-refractivity contribution in [3.05, 3.63) is 42.7 Å². The molecule has 8 heteroatoms. The molecular formula is C14H18N4O3S. The molecule has 0 aromatic carbocycles. The fraction of sp³-hybridized carbons (Fsp3) is 0.429. The molecule has 2 aromatic rings. The zero-order chi connectivity index (χ0) is 15.6. The van der Waals surface area contributed by atoms with Crippen molar-refractivity contribution >= 4 is 10.0 Å². The second kappa shape index (κ2) is 6.15. The minimum atomic E-state index is -3.62. The van der Waals surface area contributed by atoms with E-state index in [0.29, 0.717) is 13.0 Å². The Labute approximate surface area is 129 Å². The van der Waals surface area contributed by atoms with Gasteiger partial charge in [0.15, 0.2) is 0 Å². The highest BCUT2D eigenvalue weighted by Crippen LogP contribution is 2.29. The van der Waals surface area contributed by atoms with Crippen molar-refractivity contribution in [3.63, 3.8) is 0 Å². The fourth-order valence-electron chi connectivity index (χ4n) is 2.58. The molecule has 2 atom stereocenters. The summed E-state index contributed by atoms with van der Waals surface area (Å²) < 4.78 is 35.2. The summed E-state index contributed by atoms with van der Waals surface area (Å²) in [7, 11) is -3.62. The summed E-state index contributed by atoms with van der Waals surface area (Å²) in [4.78, 5) is 8.32. The molecule has 118 valence electrons. The van der Waals surface area contributed by atoms with Crippen LogP contribution in [0.25, 0.3) is 0 Å². The summed E-state index contributed by atoms with van der Waals surface area (Å²) in [6.45, 7) is 3.27. The van der Waals surface area contributed by atoms with E-state index in [0.717, 1.165) is 12.4 Å². The van der Waals surface area contributed by atoms with E-state index in [4.69, 9.17) is 4.74 Å². The standard InChI is InChI=1S/C14H18N4O3S/c1-2-18-8-7-16-14(18)13-12(5-9-21-13)17-22(19,20)11-4-3-6-15-10-11/h3-4,6-8,10,12-13,17H,2,5,9H2,1H3/t12-,13-/m1/s1. The Kier molecular flexibility index (Phi) is 4.23. The lowest BCUT2D eigenvalue weighted by Gasteiger charge is -2.20. The predicted molar refractivity (Wildman–Crippen MR) is 79.6 cm³/mol. The summed E-state index contributed by atoms with van der Waals surface area (Å²) in [5.41, 5.74) is 0. The molecule has 1 aliphatic rings. The van der Waals surface area contributed by atoms with E-state index in [1.54, 1.807) is 18.5 Å². The van der Waals surface area contributed by atoms with Crippen molar-refractivity contribution in [1.29, 1.82) is 0 Å². The van der Waals surface area contributed by atoms with Gasteiger partial charge in [0.25, 0.3) is 0 Å². The first-order chi connectivity index (χ1) is 10.6. The summed E-state index contributed by atoms with van der Waals surface area (Å²) in [6.07, 6.45) is 6.68. The van der Waals surface area contributed by atoms with E-state index in [2.05, 4.69) is 14.7 Å². The first-order valence-corrected chi connectivity index (χ1v) is 8.65. The third-order valence-corrected chi connectivity index (χ3v) is 5.16. The maximum atomic E-state index is 12.4. The van der Waals surface area contributed by atoms with Crippen molar-refractivity contribution in [1.82, 2.24) is 19.3 Å². The van der Waals surface area contributed by atoms with Gasteiger partial charge in [-0.2, -0.15) is 0 Å². The molecule has 7 nitrogen and oxygen atoms in total. The maximum absolute atomic E-state index is 12.4. The van der Waals surface area contributed by atoms with Gasteiger partial charge in [0.1, 0.15) is 16.8 Å². The van der Waals surface area contributed by atoms with Crippen LogP contribution in [0.3, 0.4) is 0 Å². The number of hydrogen-bond acceptors (Lipinski definition) is 5. The molecule has 2 aromatic heterocycles. The molecule has 0 amide bonds. The molecule has 0 bridgehead atoms. The first kappa shape index (κ1) is 15.1. The van der Waals surface area contributed by atoms with Crippen LogP contribution in [0.5, 0.6) is 0 Å². The predicted octanol–water partition coefficient (Wildman–Crippen LogP) is 1.11. The number of ether oxygens (including phenoxy) is 1. The van der Waals surface area contributed by atoms with Crippen molar-refractivity contribution in [2.24, 2.45) is 0 Å². The number of pyridine rings is 1. The van der Waals surface area contributed by atoms with E-state index in [9.17, 15) is 8.42 Å². The molecule has 0 unspecified atom stereocenters. The van der Waals surface area contributed by atoms with Crippen molar-refractivity contribution in [2.45, 2.75) is 36.9 Å². The monoisotopic (exact) mass is 322 g/mol. The van der Waals surface area contributed by atoms with Gasteiger partial charge in [-0.25, -0.2) is 18.1 Å². The van der Waals surface area contributed by atoms with Gasteiger partial charge in [0.2, 0.25) is 10.0 Å². The Bertz CT molecular complexity index is 730. The molecule has 1 aliphatic heterocycles. The van der Waals surface area contributed by atoms with Crippen LogP contribution in [-0.2, 0) is 21.3 Å². The SMILES string of the molecule is CCn1ccnc1[C@@H]1OCC[C@H]1NS(=O)(=O)c1cccnc1. The third-order valence-electron chi connectivity index (χ3n) is 3.69. The van der Waals surface area contributed by atoms with Crippen LogP contribution in [-0.4, -0.2) is 35.6 Å². The normalized spacial score (nSPS) is 22.0. The quantitative estimate of drug-likeness (QED) is 0.891. The molecule has 1 fully saturated rings. The minimum absolute atomic E-state index is 0.152. The lowest BCUT2D eigenvalue weighted by molar-refractivity contribution is 0.0925. The summed E-state index contributed by atoms with van der Waals surface area (Å²) in [5.74, 6) is 0.749. The second-order valence-corrected chi connectivity index (χ2v) is 6.78.